The highest BCUT2D eigenvalue weighted by atomic mass is 19.1. The first kappa shape index (κ1) is 24.6. The van der Waals surface area contributed by atoms with E-state index in [1.165, 1.54) is 0 Å². The molecule has 5 nitrogen and oxygen atoms in total. The minimum Gasteiger partial charge on any atom is -0.351 e. The molecule has 0 radical (unpaired) electrons. The maximum atomic E-state index is 13.8. The molecule has 2 aromatic rings. The SMILES string of the molecule is C/C=C(/c1ccc(N=C(C)C)c(C)n1)c1cnc(NCC2(F)CC2)nc1C.CC(C)C. The normalized spacial score (nSPS) is 14.6. The summed E-state index contributed by atoms with van der Waals surface area (Å²) in [4.78, 5) is 18.1. The van der Waals surface area contributed by atoms with E-state index < -0.39 is 5.67 Å². The number of rotatable bonds is 6. The first-order chi connectivity index (χ1) is 14.5. The van der Waals surface area contributed by atoms with Gasteiger partial charge in [-0.15, -0.1) is 0 Å². The second-order valence-electron chi connectivity index (χ2n) is 8.99. The number of anilines is 1. The molecule has 31 heavy (non-hydrogen) atoms. The summed E-state index contributed by atoms with van der Waals surface area (Å²) in [6, 6.07) is 3.95. The molecule has 0 amide bonds. The Kier molecular flexibility index (Phi) is 8.43. The van der Waals surface area contributed by atoms with Crippen molar-refractivity contribution in [2.75, 3.05) is 11.9 Å². The van der Waals surface area contributed by atoms with Gasteiger partial charge in [0.25, 0.3) is 0 Å². The number of hydrogen-bond acceptors (Lipinski definition) is 5. The lowest BCUT2D eigenvalue weighted by Gasteiger charge is -2.13. The summed E-state index contributed by atoms with van der Waals surface area (Å²) in [6.07, 6.45) is 5.01. The molecule has 0 spiro atoms. The number of nitrogens with one attached hydrogen (secondary N) is 1. The Bertz CT molecular complexity index is 952. The van der Waals surface area contributed by atoms with E-state index in [-0.39, 0.29) is 6.54 Å². The third-order valence-electron chi connectivity index (χ3n) is 4.59. The molecule has 1 aliphatic carbocycles. The van der Waals surface area contributed by atoms with Crippen molar-refractivity contribution in [2.45, 2.75) is 73.9 Å². The maximum absolute atomic E-state index is 13.8. The maximum Gasteiger partial charge on any atom is 0.222 e. The average Bonchev–Trinajstić information content (AvgIpc) is 3.41. The third kappa shape index (κ3) is 7.53. The van der Waals surface area contributed by atoms with Crippen molar-refractivity contribution >= 4 is 22.9 Å². The van der Waals surface area contributed by atoms with Crippen LogP contribution in [0, 0.1) is 19.8 Å². The van der Waals surface area contributed by atoms with Crippen LogP contribution >= 0.6 is 0 Å². The molecular weight excluding hydrogens is 389 g/mol. The number of halogens is 1. The van der Waals surface area contributed by atoms with Crippen LogP contribution in [0.15, 0.2) is 29.4 Å². The largest absolute Gasteiger partial charge is 0.351 e. The fraction of sp³-hybridized carbons (Fsp3) is 0.520. The summed E-state index contributed by atoms with van der Waals surface area (Å²) in [6.45, 7) is 16.6. The van der Waals surface area contributed by atoms with E-state index in [0.717, 1.165) is 45.5 Å². The van der Waals surface area contributed by atoms with Crippen molar-refractivity contribution in [3.05, 3.63) is 47.1 Å². The number of aliphatic imine (C=N–C) groups is 1. The minimum absolute atomic E-state index is 0.266. The second kappa shape index (κ2) is 10.6. The van der Waals surface area contributed by atoms with Crippen LogP contribution in [0.1, 0.15) is 77.0 Å². The fourth-order valence-corrected chi connectivity index (χ4v) is 2.87. The van der Waals surface area contributed by atoms with Gasteiger partial charge >= 0.3 is 0 Å². The summed E-state index contributed by atoms with van der Waals surface area (Å²) >= 11 is 0. The van der Waals surface area contributed by atoms with Gasteiger partial charge in [0.2, 0.25) is 5.95 Å². The fourth-order valence-electron chi connectivity index (χ4n) is 2.87. The topological polar surface area (TPSA) is 63.1 Å². The smallest absolute Gasteiger partial charge is 0.222 e. The van der Waals surface area contributed by atoms with Gasteiger partial charge < -0.3 is 5.32 Å². The van der Waals surface area contributed by atoms with E-state index >= 15 is 0 Å². The van der Waals surface area contributed by atoms with Gasteiger partial charge in [-0.05, 0) is 65.5 Å². The number of nitrogens with zero attached hydrogens (tertiary/aromatic N) is 4. The van der Waals surface area contributed by atoms with Crippen molar-refractivity contribution in [1.29, 1.82) is 0 Å². The van der Waals surface area contributed by atoms with Crippen LogP contribution in [0.25, 0.3) is 5.57 Å². The van der Waals surface area contributed by atoms with E-state index in [0.29, 0.717) is 18.8 Å². The Morgan fingerprint density at radius 1 is 1.16 bits per heavy atom. The summed E-state index contributed by atoms with van der Waals surface area (Å²) in [7, 11) is 0. The van der Waals surface area contributed by atoms with Gasteiger partial charge in [0.05, 0.1) is 29.3 Å². The molecule has 168 valence electrons. The molecule has 1 aliphatic rings. The van der Waals surface area contributed by atoms with Crippen LogP contribution in [0.2, 0.25) is 0 Å². The van der Waals surface area contributed by atoms with Crippen LogP contribution < -0.4 is 5.32 Å². The predicted octanol–water partition coefficient (Wildman–Crippen LogP) is 6.63. The molecule has 0 aromatic carbocycles. The second-order valence-corrected chi connectivity index (χ2v) is 8.99. The molecule has 0 unspecified atom stereocenters. The number of alkyl halides is 1. The number of aryl methyl sites for hydroxylation is 2. The highest BCUT2D eigenvalue weighted by Gasteiger charge is 2.43. The van der Waals surface area contributed by atoms with Crippen LogP contribution in [-0.2, 0) is 0 Å². The zero-order valence-electron chi connectivity index (χ0n) is 20.2. The molecule has 6 heteroatoms. The lowest BCUT2D eigenvalue weighted by molar-refractivity contribution is 0.326. The quantitative estimate of drug-likeness (QED) is 0.528. The van der Waals surface area contributed by atoms with E-state index in [1.807, 2.05) is 52.8 Å². The van der Waals surface area contributed by atoms with Crippen molar-refractivity contribution in [2.24, 2.45) is 10.9 Å². The van der Waals surface area contributed by atoms with E-state index in [2.05, 4.69) is 41.0 Å². The van der Waals surface area contributed by atoms with Gasteiger partial charge in [0, 0.05) is 23.0 Å². The molecule has 2 aromatic heterocycles. The Morgan fingerprint density at radius 3 is 2.29 bits per heavy atom. The van der Waals surface area contributed by atoms with E-state index in [1.54, 1.807) is 6.20 Å². The molecule has 1 N–H and O–H groups in total. The van der Waals surface area contributed by atoms with Gasteiger partial charge in [0.15, 0.2) is 0 Å². The summed E-state index contributed by atoms with van der Waals surface area (Å²) in [5.74, 6) is 1.29. The Morgan fingerprint density at radius 2 is 1.81 bits per heavy atom. The molecule has 2 heterocycles. The number of hydrogen-bond donors (Lipinski definition) is 1. The van der Waals surface area contributed by atoms with Crippen LogP contribution in [0.4, 0.5) is 16.0 Å². The van der Waals surface area contributed by atoms with Gasteiger partial charge in [0.1, 0.15) is 5.67 Å². The molecule has 0 atom stereocenters. The summed E-state index contributed by atoms with van der Waals surface area (Å²) in [5.41, 5.74) is 5.24. The molecule has 1 saturated carbocycles. The first-order valence-corrected chi connectivity index (χ1v) is 11.0. The van der Waals surface area contributed by atoms with Crippen molar-refractivity contribution in [1.82, 2.24) is 15.0 Å². The van der Waals surface area contributed by atoms with Gasteiger partial charge in [-0.3, -0.25) is 9.98 Å². The molecule has 0 bridgehead atoms. The first-order valence-electron chi connectivity index (χ1n) is 11.0. The van der Waals surface area contributed by atoms with Crippen LogP contribution in [0.5, 0.6) is 0 Å². The van der Waals surface area contributed by atoms with Crippen molar-refractivity contribution < 1.29 is 4.39 Å². The van der Waals surface area contributed by atoms with Crippen LogP contribution in [-0.4, -0.2) is 32.9 Å². The van der Waals surface area contributed by atoms with Crippen LogP contribution in [0.3, 0.4) is 0 Å². The molecule has 0 saturated heterocycles. The number of allylic oxidation sites excluding steroid dienone is 1. The zero-order valence-corrected chi connectivity index (χ0v) is 20.2. The lowest BCUT2D eigenvalue weighted by Crippen LogP contribution is -2.18. The Hall–Kier alpha value is -2.63. The zero-order chi connectivity index (χ0) is 23.2. The van der Waals surface area contributed by atoms with Gasteiger partial charge in [-0.1, -0.05) is 26.8 Å². The number of aromatic nitrogens is 3. The molecule has 0 aliphatic heterocycles. The monoisotopic (exact) mass is 425 g/mol. The predicted molar refractivity (Wildman–Crippen MR) is 129 cm³/mol. The molecule has 3 rings (SSSR count). The summed E-state index contributed by atoms with van der Waals surface area (Å²) < 4.78 is 13.8. The standard InChI is InChI=1S/C21H26FN5.C4H10/c1-6-16(19-8-7-18(15(5)26-19)25-13(2)3)17-11-23-20(27-14(17)4)24-12-21(22)9-10-21;1-4(2)3/h6-8,11H,9-10,12H2,1-5H3,(H,23,24,27);4H,1-3H3/b16-6+;. The Balaban J connectivity index is 0.000000785. The third-order valence-corrected chi connectivity index (χ3v) is 4.59. The van der Waals surface area contributed by atoms with Gasteiger partial charge in [-0.25, -0.2) is 14.4 Å². The number of pyridine rings is 1. The van der Waals surface area contributed by atoms with E-state index in [4.69, 9.17) is 4.98 Å². The molecule has 1 fully saturated rings. The van der Waals surface area contributed by atoms with Crippen molar-refractivity contribution in [3.8, 4) is 0 Å². The van der Waals surface area contributed by atoms with Crippen molar-refractivity contribution in [3.63, 3.8) is 0 Å². The highest BCUT2D eigenvalue weighted by Crippen LogP contribution is 2.39. The lowest BCUT2D eigenvalue weighted by atomic mass is 10.0. The molecular formula is C25H36FN5. The van der Waals surface area contributed by atoms with Gasteiger partial charge in [-0.2, -0.15) is 0 Å². The van der Waals surface area contributed by atoms with E-state index in [9.17, 15) is 4.39 Å². The summed E-state index contributed by atoms with van der Waals surface area (Å²) in [5, 5.41) is 3.00. The highest BCUT2D eigenvalue weighted by molar-refractivity contribution is 5.83. The average molecular weight is 426 g/mol. The minimum atomic E-state index is -1.08. The Labute approximate surface area is 186 Å².